The minimum absolute atomic E-state index is 0.229. The van der Waals surface area contributed by atoms with E-state index in [0.717, 1.165) is 11.3 Å². The summed E-state index contributed by atoms with van der Waals surface area (Å²) in [5.74, 6) is -0.869. The van der Waals surface area contributed by atoms with Crippen LogP contribution in [0.5, 0.6) is 0 Å². The summed E-state index contributed by atoms with van der Waals surface area (Å²) in [6.45, 7) is 1.88. The Morgan fingerprint density at radius 2 is 1.86 bits per heavy atom. The lowest BCUT2D eigenvalue weighted by molar-refractivity contribution is 0.0939. The van der Waals surface area contributed by atoms with Crippen molar-refractivity contribution in [2.45, 2.75) is 13.0 Å². The first-order valence-corrected chi connectivity index (χ1v) is 9.07. The van der Waals surface area contributed by atoms with E-state index >= 15 is 0 Å². The van der Waals surface area contributed by atoms with Gasteiger partial charge in [0.2, 0.25) is 0 Å². The molecule has 0 aliphatic heterocycles. The molecule has 0 spiro atoms. The normalized spacial score (nSPS) is 11.8. The second-order valence-electron chi connectivity index (χ2n) is 6.56. The molecule has 0 radical (unpaired) electrons. The molecule has 4 aromatic rings. The fourth-order valence-corrected chi connectivity index (χ4v) is 3.17. The lowest BCUT2D eigenvalue weighted by Gasteiger charge is -2.18. The number of aromatic nitrogens is 4. The van der Waals surface area contributed by atoms with Crippen LogP contribution in [0.2, 0.25) is 0 Å². The van der Waals surface area contributed by atoms with Crippen LogP contribution in [0.3, 0.4) is 0 Å². The summed E-state index contributed by atoms with van der Waals surface area (Å²) in [4.78, 5) is 20.7. The van der Waals surface area contributed by atoms with Gasteiger partial charge in [-0.05, 0) is 48.4 Å². The van der Waals surface area contributed by atoms with Gasteiger partial charge in [-0.3, -0.25) is 4.79 Å². The number of benzene rings is 2. The van der Waals surface area contributed by atoms with Crippen LogP contribution < -0.4 is 5.32 Å². The zero-order valence-corrected chi connectivity index (χ0v) is 15.7. The van der Waals surface area contributed by atoms with Gasteiger partial charge in [-0.25, -0.2) is 19.0 Å². The Bertz CT molecular complexity index is 1130. The van der Waals surface area contributed by atoms with Crippen molar-refractivity contribution in [3.63, 3.8) is 0 Å². The number of carbonyl (C=O) groups excluding carboxylic acids is 1. The van der Waals surface area contributed by atoms with Crippen LogP contribution in [0.4, 0.5) is 4.39 Å². The first kappa shape index (κ1) is 18.5. The Morgan fingerprint density at radius 3 is 2.62 bits per heavy atom. The number of hydrogen-bond acceptors (Lipinski definition) is 4. The average Bonchev–Trinajstić information content (AvgIpc) is 3.28. The number of nitrogens with zero attached hydrogens (tertiary/aromatic N) is 4. The van der Waals surface area contributed by atoms with Gasteiger partial charge in [0.25, 0.3) is 5.91 Å². The molecule has 2 aromatic carbocycles. The number of hydrogen-bond donors (Lipinski definition) is 1. The summed E-state index contributed by atoms with van der Waals surface area (Å²) in [5.41, 5.74) is 3.18. The summed E-state index contributed by atoms with van der Waals surface area (Å²) in [6.07, 6.45) is 8.09. The molecule has 4 rings (SSSR count). The van der Waals surface area contributed by atoms with E-state index in [1.165, 1.54) is 18.5 Å². The quantitative estimate of drug-likeness (QED) is 0.563. The summed E-state index contributed by atoms with van der Waals surface area (Å²) < 4.78 is 15.9. The molecule has 1 N–H and O–H groups in total. The highest BCUT2D eigenvalue weighted by molar-refractivity contribution is 5.95. The SMILES string of the molecule is CC(NC(=O)c1cc(F)cc(-c2cncnc2)c1)c1ccccc1-n1cccn1. The smallest absolute Gasteiger partial charge is 0.251 e. The van der Waals surface area contributed by atoms with E-state index in [4.69, 9.17) is 0 Å². The maximum Gasteiger partial charge on any atom is 0.251 e. The van der Waals surface area contributed by atoms with Gasteiger partial charge in [0.1, 0.15) is 12.1 Å². The van der Waals surface area contributed by atoms with E-state index < -0.39 is 5.82 Å². The third kappa shape index (κ3) is 4.03. The van der Waals surface area contributed by atoms with Crippen molar-refractivity contribution in [3.8, 4) is 16.8 Å². The zero-order chi connectivity index (χ0) is 20.2. The second kappa shape index (κ2) is 8.02. The molecule has 0 saturated carbocycles. The molecule has 2 heterocycles. The molecular formula is C22H18FN5O. The molecule has 0 aliphatic carbocycles. The number of rotatable bonds is 5. The first-order valence-electron chi connectivity index (χ1n) is 9.07. The summed E-state index contributed by atoms with van der Waals surface area (Å²) in [6, 6.07) is 13.4. The molecule has 0 saturated heterocycles. The third-order valence-corrected chi connectivity index (χ3v) is 4.56. The Hall–Kier alpha value is -3.87. The van der Waals surface area contributed by atoms with Gasteiger partial charge < -0.3 is 5.32 Å². The van der Waals surface area contributed by atoms with Gasteiger partial charge in [-0.15, -0.1) is 0 Å². The van der Waals surface area contributed by atoms with Gasteiger partial charge in [-0.2, -0.15) is 5.10 Å². The Kier molecular flexibility index (Phi) is 5.11. The van der Waals surface area contributed by atoms with E-state index in [0.29, 0.717) is 11.1 Å². The van der Waals surface area contributed by atoms with Crippen LogP contribution in [0, 0.1) is 5.82 Å². The number of amides is 1. The fourth-order valence-electron chi connectivity index (χ4n) is 3.17. The van der Waals surface area contributed by atoms with Gasteiger partial charge in [0, 0.05) is 35.9 Å². The van der Waals surface area contributed by atoms with Crippen molar-refractivity contribution in [2.24, 2.45) is 0 Å². The molecule has 1 amide bonds. The van der Waals surface area contributed by atoms with Crippen molar-refractivity contribution in [1.29, 1.82) is 0 Å². The zero-order valence-electron chi connectivity index (χ0n) is 15.7. The van der Waals surface area contributed by atoms with Gasteiger partial charge in [-0.1, -0.05) is 18.2 Å². The van der Waals surface area contributed by atoms with E-state index in [1.54, 1.807) is 29.3 Å². The van der Waals surface area contributed by atoms with Crippen LogP contribution in [-0.2, 0) is 0 Å². The van der Waals surface area contributed by atoms with Crippen LogP contribution in [-0.4, -0.2) is 25.7 Å². The number of para-hydroxylation sites is 1. The highest BCUT2D eigenvalue weighted by atomic mass is 19.1. The lowest BCUT2D eigenvalue weighted by atomic mass is 10.0. The minimum atomic E-state index is -0.499. The predicted octanol–water partition coefficient (Wildman–Crippen LogP) is 3.96. The van der Waals surface area contributed by atoms with E-state index in [9.17, 15) is 9.18 Å². The highest BCUT2D eigenvalue weighted by Gasteiger charge is 2.17. The number of nitrogens with one attached hydrogen (secondary N) is 1. The second-order valence-corrected chi connectivity index (χ2v) is 6.56. The maximum atomic E-state index is 14.2. The maximum absolute atomic E-state index is 14.2. The average molecular weight is 387 g/mol. The molecule has 0 aliphatic rings. The van der Waals surface area contributed by atoms with Crippen molar-refractivity contribution < 1.29 is 9.18 Å². The largest absolute Gasteiger partial charge is 0.345 e. The van der Waals surface area contributed by atoms with E-state index in [-0.39, 0.29) is 17.5 Å². The van der Waals surface area contributed by atoms with Gasteiger partial charge >= 0.3 is 0 Å². The molecule has 6 nitrogen and oxygen atoms in total. The van der Waals surface area contributed by atoms with E-state index in [2.05, 4.69) is 20.4 Å². The van der Waals surface area contributed by atoms with Crippen molar-refractivity contribution >= 4 is 5.91 Å². The molecule has 1 atom stereocenters. The van der Waals surface area contributed by atoms with Gasteiger partial charge in [0.05, 0.1) is 11.7 Å². The molecule has 1 unspecified atom stereocenters. The van der Waals surface area contributed by atoms with Crippen LogP contribution in [0.25, 0.3) is 16.8 Å². The fraction of sp³-hybridized carbons (Fsp3) is 0.0909. The lowest BCUT2D eigenvalue weighted by Crippen LogP contribution is -2.27. The summed E-state index contributed by atoms with van der Waals surface area (Å²) in [5, 5.41) is 7.21. The Balaban J connectivity index is 1.60. The molecule has 2 aromatic heterocycles. The van der Waals surface area contributed by atoms with Crippen LogP contribution in [0.1, 0.15) is 28.9 Å². The molecule has 144 valence electrons. The van der Waals surface area contributed by atoms with E-state index in [1.807, 2.05) is 43.5 Å². The third-order valence-electron chi connectivity index (χ3n) is 4.56. The molecule has 0 fully saturated rings. The van der Waals surface area contributed by atoms with Gasteiger partial charge in [0.15, 0.2) is 0 Å². The number of carbonyl (C=O) groups is 1. The van der Waals surface area contributed by atoms with Crippen LogP contribution in [0.15, 0.2) is 79.6 Å². The van der Waals surface area contributed by atoms with Crippen molar-refractivity contribution in [1.82, 2.24) is 25.1 Å². The molecular weight excluding hydrogens is 369 g/mol. The Morgan fingerprint density at radius 1 is 1.07 bits per heavy atom. The predicted molar refractivity (Wildman–Crippen MR) is 107 cm³/mol. The first-order chi connectivity index (χ1) is 14.1. The van der Waals surface area contributed by atoms with Crippen molar-refractivity contribution in [3.05, 3.63) is 96.6 Å². The summed E-state index contributed by atoms with van der Waals surface area (Å²) in [7, 11) is 0. The standard InChI is InChI=1S/C22H18FN5O/c1-15(20-5-2-3-6-21(20)28-8-4-7-26-28)27-22(29)17-9-16(10-19(23)11-17)18-12-24-14-25-13-18/h2-15H,1H3,(H,27,29). The Labute approximate surface area is 167 Å². The molecule has 7 heteroatoms. The molecule has 29 heavy (non-hydrogen) atoms. The highest BCUT2D eigenvalue weighted by Crippen LogP contribution is 2.23. The van der Waals surface area contributed by atoms with Crippen LogP contribution >= 0.6 is 0 Å². The minimum Gasteiger partial charge on any atom is -0.345 e. The monoisotopic (exact) mass is 387 g/mol. The summed E-state index contributed by atoms with van der Waals surface area (Å²) >= 11 is 0. The van der Waals surface area contributed by atoms with Crippen molar-refractivity contribution in [2.75, 3.05) is 0 Å². The molecule has 0 bridgehead atoms. The topological polar surface area (TPSA) is 72.7 Å². The number of halogens is 1.